The van der Waals surface area contributed by atoms with Crippen molar-refractivity contribution in [3.63, 3.8) is 0 Å². The number of benzene rings is 3. The van der Waals surface area contributed by atoms with Crippen molar-refractivity contribution in [3.05, 3.63) is 102 Å². The molecule has 7 heteroatoms. The van der Waals surface area contributed by atoms with Crippen molar-refractivity contribution >= 4 is 5.83 Å². The van der Waals surface area contributed by atoms with Crippen LogP contribution < -0.4 is 0 Å². The third kappa shape index (κ3) is 5.46. The van der Waals surface area contributed by atoms with Crippen molar-refractivity contribution in [2.24, 2.45) is 0 Å². The molecule has 0 aliphatic carbocycles. The number of hydrogen-bond acceptors (Lipinski definition) is 0. The molecule has 0 radical (unpaired) electrons. The van der Waals surface area contributed by atoms with Gasteiger partial charge >= 0.3 is 6.18 Å². The van der Waals surface area contributed by atoms with Crippen LogP contribution in [0.2, 0.25) is 0 Å². The Hall–Kier alpha value is -3.35. The maximum absolute atomic E-state index is 14.7. The first-order valence-electron chi connectivity index (χ1n) is 9.53. The van der Waals surface area contributed by atoms with E-state index in [2.05, 4.69) is 6.58 Å². The molecule has 0 amide bonds. The summed E-state index contributed by atoms with van der Waals surface area (Å²) < 4.78 is 93.7. The topological polar surface area (TPSA) is 0 Å². The Labute approximate surface area is 180 Å². The maximum atomic E-state index is 14.7. The van der Waals surface area contributed by atoms with Crippen LogP contribution in [0.5, 0.6) is 0 Å². The quantitative estimate of drug-likeness (QED) is 0.261. The average molecular weight is 450 g/mol. The highest BCUT2D eigenvalue weighted by Crippen LogP contribution is 2.34. The lowest BCUT2D eigenvalue weighted by atomic mass is 9.97. The third-order valence-corrected chi connectivity index (χ3v) is 4.78. The van der Waals surface area contributed by atoms with Gasteiger partial charge < -0.3 is 0 Å². The summed E-state index contributed by atoms with van der Waals surface area (Å²) in [6, 6.07) is 12.6. The van der Waals surface area contributed by atoms with Crippen molar-refractivity contribution < 1.29 is 30.7 Å². The molecule has 0 aliphatic rings. The number of halogens is 7. The summed E-state index contributed by atoms with van der Waals surface area (Å²) >= 11 is 0. The molecule has 0 bridgehead atoms. The van der Waals surface area contributed by atoms with Crippen molar-refractivity contribution in [1.29, 1.82) is 0 Å². The Morgan fingerprint density at radius 3 is 1.88 bits per heavy atom. The van der Waals surface area contributed by atoms with Gasteiger partial charge in [0.2, 0.25) is 0 Å². The maximum Gasteiger partial charge on any atom is 0.412 e. The van der Waals surface area contributed by atoms with Crippen LogP contribution >= 0.6 is 0 Å². The first-order valence-corrected chi connectivity index (χ1v) is 9.53. The number of alkyl halides is 3. The summed E-state index contributed by atoms with van der Waals surface area (Å²) in [5.41, 5.74) is 0.430. The van der Waals surface area contributed by atoms with Gasteiger partial charge in [-0.3, -0.25) is 0 Å². The number of allylic oxidation sites excluding steroid dienone is 2. The van der Waals surface area contributed by atoms with E-state index in [1.807, 2.05) is 24.3 Å². The monoisotopic (exact) mass is 450 g/mol. The van der Waals surface area contributed by atoms with Gasteiger partial charge in [-0.2, -0.15) is 13.2 Å². The lowest BCUT2D eigenvalue weighted by Crippen LogP contribution is -2.04. The number of hydrogen-bond donors (Lipinski definition) is 0. The summed E-state index contributed by atoms with van der Waals surface area (Å²) in [4.78, 5) is 0. The van der Waals surface area contributed by atoms with Crippen LogP contribution in [-0.2, 0) is 6.42 Å². The van der Waals surface area contributed by atoms with E-state index >= 15 is 0 Å². The van der Waals surface area contributed by atoms with Crippen LogP contribution in [-0.4, -0.2) is 6.18 Å². The summed E-state index contributed by atoms with van der Waals surface area (Å²) in [7, 11) is 0. The van der Waals surface area contributed by atoms with Gasteiger partial charge in [0.25, 0.3) is 0 Å². The van der Waals surface area contributed by atoms with E-state index in [-0.39, 0.29) is 11.1 Å². The molecule has 0 fully saturated rings. The van der Waals surface area contributed by atoms with Crippen LogP contribution in [0.3, 0.4) is 0 Å². The molecule has 0 heterocycles. The summed E-state index contributed by atoms with van der Waals surface area (Å²) in [5.74, 6) is -6.05. The van der Waals surface area contributed by atoms with Crippen LogP contribution in [0.15, 0.2) is 73.3 Å². The molecule has 0 spiro atoms. The molecule has 32 heavy (non-hydrogen) atoms. The van der Waals surface area contributed by atoms with Crippen molar-refractivity contribution in [2.45, 2.75) is 19.0 Å². The zero-order valence-corrected chi connectivity index (χ0v) is 16.6. The first-order chi connectivity index (χ1) is 15.1. The van der Waals surface area contributed by atoms with Gasteiger partial charge in [-0.25, -0.2) is 17.6 Å². The Bertz CT molecular complexity index is 1130. The second-order valence-corrected chi connectivity index (χ2v) is 7.07. The van der Waals surface area contributed by atoms with E-state index < -0.39 is 41.1 Å². The summed E-state index contributed by atoms with van der Waals surface area (Å²) in [6.07, 6.45) is -2.48. The van der Waals surface area contributed by atoms with Gasteiger partial charge in [-0.15, -0.1) is 6.58 Å². The van der Waals surface area contributed by atoms with Crippen LogP contribution in [0.4, 0.5) is 30.7 Å². The van der Waals surface area contributed by atoms with Crippen LogP contribution in [0.25, 0.3) is 28.1 Å². The zero-order valence-electron chi connectivity index (χ0n) is 16.6. The minimum absolute atomic E-state index is 0.180. The van der Waals surface area contributed by atoms with Crippen LogP contribution in [0, 0.1) is 17.5 Å². The van der Waals surface area contributed by atoms with E-state index in [9.17, 15) is 30.7 Å². The third-order valence-electron chi connectivity index (χ3n) is 4.78. The fourth-order valence-electron chi connectivity index (χ4n) is 3.23. The smallest absolute Gasteiger partial charge is 0.206 e. The lowest BCUT2D eigenvalue weighted by molar-refractivity contribution is -0.0798. The molecule has 0 N–H and O–H groups in total. The van der Waals surface area contributed by atoms with E-state index in [1.54, 1.807) is 12.1 Å². The molecular weight excluding hydrogens is 433 g/mol. The van der Waals surface area contributed by atoms with E-state index in [0.29, 0.717) is 17.7 Å². The fourth-order valence-corrected chi connectivity index (χ4v) is 3.23. The summed E-state index contributed by atoms with van der Waals surface area (Å²) in [6.45, 7) is 3.67. The molecule has 3 rings (SSSR count). The van der Waals surface area contributed by atoms with Gasteiger partial charge in [0.05, 0.1) is 11.6 Å². The molecule has 0 saturated heterocycles. The molecule has 3 aromatic rings. The molecule has 0 atom stereocenters. The molecule has 0 aliphatic heterocycles. The normalized spacial score (nSPS) is 12.2. The number of rotatable bonds is 6. The highest BCUT2D eigenvalue weighted by atomic mass is 19.4. The molecule has 3 aromatic carbocycles. The van der Waals surface area contributed by atoms with E-state index in [0.717, 1.165) is 24.0 Å². The molecule has 0 unspecified atom stereocenters. The van der Waals surface area contributed by atoms with Crippen LogP contribution in [0.1, 0.15) is 17.5 Å². The fraction of sp³-hybridized carbons (Fsp3) is 0.120. The van der Waals surface area contributed by atoms with Crippen molar-refractivity contribution in [1.82, 2.24) is 0 Å². The largest absolute Gasteiger partial charge is 0.412 e. The lowest BCUT2D eigenvalue weighted by Gasteiger charge is -2.10. The number of aryl methyl sites for hydroxylation is 1. The summed E-state index contributed by atoms with van der Waals surface area (Å²) in [5, 5.41) is 0. The molecule has 0 nitrogen and oxygen atoms in total. The van der Waals surface area contributed by atoms with E-state index in [1.165, 1.54) is 12.1 Å². The minimum atomic E-state index is -5.09. The Morgan fingerprint density at radius 1 is 0.781 bits per heavy atom. The zero-order chi connectivity index (χ0) is 23.5. The predicted octanol–water partition coefficient (Wildman–Crippen LogP) is 8.43. The first kappa shape index (κ1) is 23.3. The SMILES string of the molecule is C=CCCc1ccc(-c2ccc(-c3cc(F)c(C(F)=CC(F)(F)F)c(F)c3)c(F)c2)cc1. The van der Waals surface area contributed by atoms with Gasteiger partial charge in [-0.05, 0) is 53.3 Å². The van der Waals surface area contributed by atoms with Crippen molar-refractivity contribution in [2.75, 3.05) is 0 Å². The predicted molar refractivity (Wildman–Crippen MR) is 111 cm³/mol. The minimum Gasteiger partial charge on any atom is -0.206 e. The second kappa shape index (κ2) is 9.42. The highest BCUT2D eigenvalue weighted by molar-refractivity contribution is 5.73. The van der Waals surface area contributed by atoms with Gasteiger partial charge in [-0.1, -0.05) is 42.5 Å². The van der Waals surface area contributed by atoms with Crippen molar-refractivity contribution in [3.8, 4) is 22.3 Å². The Morgan fingerprint density at radius 2 is 1.34 bits per heavy atom. The van der Waals surface area contributed by atoms with Gasteiger partial charge in [0.15, 0.2) is 0 Å². The van der Waals surface area contributed by atoms with Gasteiger partial charge in [0.1, 0.15) is 23.3 Å². The Balaban J connectivity index is 1.92. The van der Waals surface area contributed by atoms with E-state index in [4.69, 9.17) is 0 Å². The molecule has 0 saturated carbocycles. The molecule has 166 valence electrons. The average Bonchev–Trinajstić information content (AvgIpc) is 2.70. The Kier molecular flexibility index (Phi) is 6.87. The molecular formula is C25H17F7. The highest BCUT2D eigenvalue weighted by Gasteiger charge is 2.28. The standard InChI is InChI=1S/C25H17F7/c1-2-3-4-15-5-7-16(8-6-15)17-9-10-19(20(26)11-17)18-12-21(27)24(22(28)13-18)23(29)14-25(30,31)32/h2,5-14H,1,3-4H2. The second-order valence-electron chi connectivity index (χ2n) is 7.07. The van der Waals surface area contributed by atoms with Gasteiger partial charge in [0, 0.05) is 5.56 Å². The molecule has 0 aromatic heterocycles.